The summed E-state index contributed by atoms with van der Waals surface area (Å²) in [6, 6.07) is 28.2. The molecule has 26 heavy (non-hydrogen) atoms. The summed E-state index contributed by atoms with van der Waals surface area (Å²) in [5.41, 5.74) is 3.97. The van der Waals surface area contributed by atoms with Gasteiger partial charge < -0.3 is 4.74 Å². The van der Waals surface area contributed by atoms with Gasteiger partial charge in [-0.3, -0.25) is 10.2 Å². The number of nitrogens with zero attached hydrogens (tertiary/aromatic N) is 1. The first-order valence-corrected chi connectivity index (χ1v) is 8.63. The van der Waals surface area contributed by atoms with Crippen LogP contribution in [0.4, 0.5) is 5.69 Å². The smallest absolute Gasteiger partial charge is 0.302 e. The lowest BCUT2D eigenvalue weighted by Gasteiger charge is -2.26. The van der Waals surface area contributed by atoms with Gasteiger partial charge >= 0.3 is 5.91 Å². The fourth-order valence-corrected chi connectivity index (χ4v) is 3.33. The first-order valence-electron chi connectivity index (χ1n) is 8.22. The van der Waals surface area contributed by atoms with Crippen LogP contribution in [0, 0.1) is 0 Å². The van der Waals surface area contributed by atoms with E-state index in [1.807, 2.05) is 91.0 Å². The number of carbonyl (C=O) groups excluding carboxylic acids is 1. The maximum atomic E-state index is 13.5. The largest absolute Gasteiger partial charge is 0.443 e. The van der Waals surface area contributed by atoms with Crippen LogP contribution in [0.2, 0.25) is 0 Å². The monoisotopic (exact) mass is 360 g/mol. The molecule has 1 N–H and O–H groups in total. The zero-order valence-corrected chi connectivity index (χ0v) is 14.6. The third-order valence-electron chi connectivity index (χ3n) is 4.30. The molecule has 4 rings (SSSR count). The zero-order chi connectivity index (χ0) is 18.0. The Bertz CT molecular complexity index is 890. The highest BCUT2D eigenvalue weighted by molar-refractivity contribution is 7.80. The van der Waals surface area contributed by atoms with Crippen LogP contribution in [-0.4, -0.2) is 16.1 Å². The second-order valence-electron chi connectivity index (χ2n) is 5.90. The van der Waals surface area contributed by atoms with Crippen LogP contribution in [0.15, 0.2) is 91.0 Å². The Morgan fingerprint density at radius 3 is 1.73 bits per heavy atom. The minimum absolute atomic E-state index is 0.0894. The van der Waals surface area contributed by atoms with E-state index in [-0.39, 0.29) is 11.1 Å². The Balaban J connectivity index is 1.80. The molecule has 0 atom stereocenters. The van der Waals surface area contributed by atoms with Gasteiger partial charge in [0.2, 0.25) is 5.60 Å². The lowest BCUT2D eigenvalue weighted by molar-refractivity contribution is -0.134. The fraction of sp³-hybridized carbons (Fsp3) is 0.0476. The molecule has 0 aliphatic carbocycles. The molecule has 0 bridgehead atoms. The highest BCUT2D eigenvalue weighted by Crippen LogP contribution is 2.40. The van der Waals surface area contributed by atoms with Gasteiger partial charge in [-0.1, -0.05) is 78.9 Å². The number of hydrazine groups is 1. The highest BCUT2D eigenvalue weighted by atomic mass is 32.1. The highest BCUT2D eigenvalue weighted by Gasteiger charge is 2.55. The summed E-state index contributed by atoms with van der Waals surface area (Å²) in [4.78, 5) is 13.5. The number of ether oxygens (including phenoxy) is 1. The number of rotatable bonds is 4. The maximum absolute atomic E-state index is 13.5. The number of carbonyl (C=O) groups is 1. The normalized spacial score (nSPS) is 15.6. The van der Waals surface area contributed by atoms with Gasteiger partial charge in [0.25, 0.3) is 5.17 Å². The van der Waals surface area contributed by atoms with Crippen LogP contribution in [0.25, 0.3) is 0 Å². The molecule has 0 spiro atoms. The lowest BCUT2D eigenvalue weighted by Crippen LogP contribution is -2.42. The molecule has 128 valence electrons. The molecule has 0 saturated carbocycles. The molecule has 0 radical (unpaired) electrons. The quantitative estimate of drug-likeness (QED) is 0.711. The zero-order valence-electron chi connectivity index (χ0n) is 13.8. The molecule has 4 nitrogen and oxygen atoms in total. The van der Waals surface area contributed by atoms with Crippen molar-refractivity contribution in [1.29, 1.82) is 0 Å². The van der Waals surface area contributed by atoms with E-state index < -0.39 is 5.60 Å². The van der Waals surface area contributed by atoms with E-state index in [0.29, 0.717) is 0 Å². The average molecular weight is 360 g/mol. The maximum Gasteiger partial charge on any atom is 0.302 e. The fourth-order valence-electron chi connectivity index (χ4n) is 3.08. The molecular weight excluding hydrogens is 344 g/mol. The van der Waals surface area contributed by atoms with Gasteiger partial charge in [0, 0.05) is 11.1 Å². The van der Waals surface area contributed by atoms with Crippen molar-refractivity contribution in [1.82, 2.24) is 5.01 Å². The molecule has 3 aromatic carbocycles. The van der Waals surface area contributed by atoms with E-state index in [1.165, 1.54) is 5.01 Å². The number of benzene rings is 3. The van der Waals surface area contributed by atoms with Crippen molar-refractivity contribution in [2.24, 2.45) is 0 Å². The SMILES string of the molecule is O=C1N(Nc2ccccc2)C(=S)OC1(c1ccccc1)c1ccccc1. The summed E-state index contributed by atoms with van der Waals surface area (Å²) in [5, 5.41) is 1.39. The summed E-state index contributed by atoms with van der Waals surface area (Å²) in [6.45, 7) is 0. The van der Waals surface area contributed by atoms with E-state index >= 15 is 0 Å². The molecule has 5 heteroatoms. The first-order chi connectivity index (χ1) is 12.7. The van der Waals surface area contributed by atoms with Gasteiger partial charge in [-0.15, -0.1) is 0 Å². The van der Waals surface area contributed by atoms with Gasteiger partial charge in [0.15, 0.2) is 0 Å². The van der Waals surface area contributed by atoms with Gasteiger partial charge in [-0.05, 0) is 24.4 Å². The Hall–Kier alpha value is -3.18. The van der Waals surface area contributed by atoms with Crippen molar-refractivity contribution < 1.29 is 9.53 Å². The van der Waals surface area contributed by atoms with Gasteiger partial charge in [0.1, 0.15) is 0 Å². The molecule has 1 aliphatic heterocycles. The lowest BCUT2D eigenvalue weighted by atomic mass is 9.85. The summed E-state index contributed by atoms with van der Waals surface area (Å²) in [6.07, 6.45) is 0. The summed E-state index contributed by atoms with van der Waals surface area (Å²) < 4.78 is 6.06. The number of amides is 1. The van der Waals surface area contributed by atoms with Crippen LogP contribution in [0.1, 0.15) is 11.1 Å². The standard InChI is InChI=1S/C21H16N2O2S/c24-19-21(16-10-4-1-5-11-16,17-12-6-2-7-13-17)25-20(26)23(19)22-18-14-8-3-9-15-18/h1-15,22H. The number of nitrogens with one attached hydrogen (secondary N) is 1. The Morgan fingerprint density at radius 2 is 1.23 bits per heavy atom. The molecule has 1 heterocycles. The number of hydrogen-bond donors (Lipinski definition) is 1. The number of thiocarbonyl (C=S) groups is 1. The Kier molecular flexibility index (Phi) is 4.14. The van der Waals surface area contributed by atoms with Gasteiger partial charge in [0.05, 0.1) is 5.69 Å². The third-order valence-corrected chi connectivity index (χ3v) is 4.57. The van der Waals surface area contributed by atoms with Crippen molar-refractivity contribution in [2.45, 2.75) is 5.60 Å². The topological polar surface area (TPSA) is 41.6 Å². The predicted molar refractivity (Wildman–Crippen MR) is 104 cm³/mol. The molecule has 0 unspecified atom stereocenters. The van der Waals surface area contributed by atoms with Crippen molar-refractivity contribution in [2.75, 3.05) is 5.43 Å². The van der Waals surface area contributed by atoms with E-state index in [1.54, 1.807) is 0 Å². The molecule has 1 saturated heterocycles. The Labute approximate surface area is 157 Å². The number of anilines is 1. The second-order valence-corrected chi connectivity index (χ2v) is 6.25. The summed E-state index contributed by atoms with van der Waals surface area (Å²) in [7, 11) is 0. The minimum Gasteiger partial charge on any atom is -0.443 e. The number of hydrogen-bond acceptors (Lipinski definition) is 4. The van der Waals surface area contributed by atoms with Crippen LogP contribution < -0.4 is 5.43 Å². The molecule has 1 aliphatic rings. The summed E-state index contributed by atoms with van der Waals surface area (Å²) in [5.74, 6) is -0.274. The molecule has 0 aromatic heterocycles. The van der Waals surface area contributed by atoms with E-state index in [9.17, 15) is 4.79 Å². The molecular formula is C21H16N2O2S. The third kappa shape index (κ3) is 2.62. The predicted octanol–water partition coefficient (Wildman–Crippen LogP) is 4.10. The van der Waals surface area contributed by atoms with Crippen molar-refractivity contribution in [3.05, 3.63) is 102 Å². The van der Waals surface area contributed by atoms with E-state index in [4.69, 9.17) is 17.0 Å². The molecule has 3 aromatic rings. The molecule has 1 fully saturated rings. The van der Waals surface area contributed by atoms with Crippen LogP contribution >= 0.6 is 12.2 Å². The van der Waals surface area contributed by atoms with Crippen LogP contribution in [0.5, 0.6) is 0 Å². The minimum atomic E-state index is -1.30. The van der Waals surface area contributed by atoms with Crippen LogP contribution in [0.3, 0.4) is 0 Å². The average Bonchev–Trinajstić information content (AvgIpc) is 2.96. The second kappa shape index (κ2) is 6.61. The van der Waals surface area contributed by atoms with Crippen molar-refractivity contribution in [3.8, 4) is 0 Å². The van der Waals surface area contributed by atoms with Gasteiger partial charge in [-0.25, -0.2) is 0 Å². The van der Waals surface area contributed by atoms with Crippen molar-refractivity contribution >= 4 is 29.0 Å². The van der Waals surface area contributed by atoms with Gasteiger partial charge in [-0.2, -0.15) is 5.01 Å². The number of para-hydroxylation sites is 1. The summed E-state index contributed by atoms with van der Waals surface area (Å²) >= 11 is 5.39. The van der Waals surface area contributed by atoms with Crippen molar-refractivity contribution in [3.63, 3.8) is 0 Å². The van der Waals surface area contributed by atoms with Crippen LogP contribution in [-0.2, 0) is 15.1 Å². The molecule has 1 amide bonds. The first kappa shape index (κ1) is 16.3. The van der Waals surface area contributed by atoms with E-state index in [2.05, 4.69) is 5.43 Å². The Morgan fingerprint density at radius 1 is 0.769 bits per heavy atom. The van der Waals surface area contributed by atoms with E-state index in [0.717, 1.165) is 16.8 Å².